The molecule has 0 aliphatic carbocycles. The van der Waals surface area contributed by atoms with Crippen molar-refractivity contribution in [3.63, 3.8) is 0 Å². The van der Waals surface area contributed by atoms with E-state index in [-0.39, 0.29) is 41.9 Å². The fourth-order valence-electron chi connectivity index (χ4n) is 4.28. The van der Waals surface area contributed by atoms with E-state index < -0.39 is 12.4 Å². The number of alkyl halides is 2. The van der Waals surface area contributed by atoms with Gasteiger partial charge in [0.25, 0.3) is 5.91 Å². The molecular formula is C29H25F4LiN4O-2. The fourth-order valence-corrected chi connectivity index (χ4v) is 4.28. The van der Waals surface area contributed by atoms with Crippen molar-refractivity contribution in [1.29, 1.82) is 0 Å². The van der Waals surface area contributed by atoms with Crippen molar-refractivity contribution in [1.82, 2.24) is 14.7 Å². The Labute approximate surface area is 236 Å². The standard InChI is InChI=1S/C27H21F3N4O.C2H4F.Li/c28-21-6-4-5-19(15-21)25-23-10-9-20(16-24(23)34(32-25)27(29)30)26(35)33-13-11-18(12-14-33)17-31-22-7-2-1-3-8-22;1-2-3;/h1-7,9-10,15-16,18,27H,11-14H2;2H,1H3;/q-2;-1;+1. The Balaban J connectivity index is 0.00000101. The van der Waals surface area contributed by atoms with E-state index in [0.29, 0.717) is 59.5 Å². The van der Waals surface area contributed by atoms with E-state index in [1.54, 1.807) is 29.2 Å². The third kappa shape index (κ3) is 7.37. The number of fused-ring (bicyclic) bond motifs is 1. The van der Waals surface area contributed by atoms with Crippen LogP contribution in [0.5, 0.6) is 0 Å². The van der Waals surface area contributed by atoms with Crippen LogP contribution in [0.3, 0.4) is 0 Å². The van der Waals surface area contributed by atoms with E-state index in [1.807, 2.05) is 18.2 Å². The summed E-state index contributed by atoms with van der Waals surface area (Å²) in [6.45, 7) is -0.0336. The molecule has 0 N–H and O–H groups in total. The Bertz CT molecular complexity index is 1400. The Morgan fingerprint density at radius 2 is 1.87 bits per heavy atom. The van der Waals surface area contributed by atoms with Crippen LogP contribution in [0.2, 0.25) is 0 Å². The number of hydrogen-bond donors (Lipinski definition) is 0. The van der Waals surface area contributed by atoms with Crippen molar-refractivity contribution in [2.75, 3.05) is 13.1 Å². The van der Waals surface area contributed by atoms with E-state index in [2.05, 4.69) is 22.4 Å². The van der Waals surface area contributed by atoms with Crippen LogP contribution >= 0.6 is 0 Å². The molecule has 0 radical (unpaired) electrons. The third-order valence-corrected chi connectivity index (χ3v) is 6.08. The summed E-state index contributed by atoms with van der Waals surface area (Å²) >= 11 is 0. The topological polar surface area (TPSA) is 50.5 Å². The zero-order valence-corrected chi connectivity index (χ0v) is 21.6. The van der Waals surface area contributed by atoms with E-state index in [9.17, 15) is 22.4 Å². The second kappa shape index (κ2) is 14.1. The maximum absolute atomic E-state index is 13.7. The number of para-hydroxylation sites is 1. The summed E-state index contributed by atoms with van der Waals surface area (Å²) in [5.74, 6) is -0.584. The average Bonchev–Trinajstić information content (AvgIpc) is 3.32. The second-order valence-corrected chi connectivity index (χ2v) is 8.59. The number of carbonyl (C=O) groups is 1. The van der Waals surface area contributed by atoms with E-state index in [4.69, 9.17) is 0 Å². The molecule has 1 saturated heterocycles. The quantitative estimate of drug-likeness (QED) is 0.168. The molecule has 0 unspecified atom stereocenters. The second-order valence-electron chi connectivity index (χ2n) is 8.59. The first-order valence-corrected chi connectivity index (χ1v) is 12.1. The van der Waals surface area contributed by atoms with Crippen molar-refractivity contribution in [2.45, 2.75) is 26.3 Å². The molecule has 1 amide bonds. The predicted octanol–water partition coefficient (Wildman–Crippen LogP) is 4.31. The number of halogens is 4. The number of hydrogen-bond acceptors (Lipinski definition) is 3. The molecule has 2 heterocycles. The predicted molar refractivity (Wildman–Crippen MR) is 138 cm³/mol. The summed E-state index contributed by atoms with van der Waals surface area (Å²) < 4.78 is 51.9. The van der Waals surface area contributed by atoms with Gasteiger partial charge in [-0.15, -0.1) is 0 Å². The van der Waals surface area contributed by atoms with Crippen LogP contribution in [0.15, 0.2) is 71.7 Å². The normalized spacial score (nSPS) is 13.8. The van der Waals surface area contributed by atoms with Gasteiger partial charge in [-0.05, 0) is 43.2 Å². The fraction of sp³-hybridized carbons (Fsp3) is 0.241. The molecule has 5 nitrogen and oxygen atoms in total. The molecule has 4 aromatic rings. The van der Waals surface area contributed by atoms with Gasteiger partial charge in [0.1, 0.15) is 11.5 Å². The molecule has 0 bridgehead atoms. The van der Waals surface area contributed by atoms with Gasteiger partial charge in [-0.25, -0.2) is 20.8 Å². The molecule has 1 aliphatic heterocycles. The van der Waals surface area contributed by atoms with Gasteiger partial charge in [-0.2, -0.15) is 51.9 Å². The number of rotatable bonds is 5. The number of nitrogens with zero attached hydrogens (tertiary/aromatic N) is 4. The SMILES string of the molecule is C[CH-]F.O=C(c1ccc2c(-c3cccc(F)c3)nn(C(F)F)c2c1)N1CCC([C-]=Nc2[c-]cccc2)CC1.[Li+]. The molecule has 10 heteroatoms. The molecule has 1 aliphatic rings. The molecule has 5 rings (SSSR count). The maximum Gasteiger partial charge on any atom is 1.00 e. The summed E-state index contributed by atoms with van der Waals surface area (Å²) in [5.41, 5.74) is 1.78. The molecule has 3 aromatic carbocycles. The number of carbonyl (C=O) groups excluding carboxylic acids is 1. The minimum atomic E-state index is -2.91. The van der Waals surface area contributed by atoms with Gasteiger partial charge < -0.3 is 14.3 Å². The van der Waals surface area contributed by atoms with Crippen LogP contribution in [0.1, 0.15) is 36.7 Å². The van der Waals surface area contributed by atoms with Gasteiger partial charge in [0.05, 0.1) is 5.52 Å². The molecule has 198 valence electrons. The number of benzene rings is 3. The molecule has 1 aromatic heterocycles. The number of aromatic nitrogens is 2. The van der Waals surface area contributed by atoms with Crippen LogP contribution in [-0.4, -0.2) is 39.9 Å². The van der Waals surface area contributed by atoms with Gasteiger partial charge in [0.15, 0.2) is 0 Å². The first kappa shape index (κ1) is 30.1. The largest absolute Gasteiger partial charge is 1.00 e. The van der Waals surface area contributed by atoms with Crippen molar-refractivity contribution < 1.29 is 41.2 Å². The maximum atomic E-state index is 13.7. The van der Waals surface area contributed by atoms with Crippen LogP contribution in [0.4, 0.5) is 23.2 Å². The van der Waals surface area contributed by atoms with Crippen LogP contribution in [0.25, 0.3) is 22.2 Å². The van der Waals surface area contributed by atoms with Crippen molar-refractivity contribution in [2.24, 2.45) is 10.9 Å². The third-order valence-electron chi connectivity index (χ3n) is 6.08. The van der Waals surface area contributed by atoms with E-state index >= 15 is 0 Å². The van der Waals surface area contributed by atoms with Gasteiger partial charge in [0, 0.05) is 29.6 Å². The van der Waals surface area contributed by atoms with Gasteiger partial charge >= 0.3 is 25.4 Å². The summed E-state index contributed by atoms with van der Waals surface area (Å²) in [6.07, 6.45) is 4.56. The van der Waals surface area contributed by atoms with Crippen LogP contribution in [-0.2, 0) is 0 Å². The van der Waals surface area contributed by atoms with Crippen LogP contribution < -0.4 is 18.9 Å². The number of piperidine rings is 1. The number of likely N-dealkylation sites (tertiary alicyclic amines) is 1. The molecule has 0 spiro atoms. The summed E-state index contributed by atoms with van der Waals surface area (Å²) in [4.78, 5) is 19.2. The Morgan fingerprint density at radius 1 is 1.13 bits per heavy atom. The number of aliphatic imine (C=N–C) groups is 1. The average molecular weight is 528 g/mol. The molecule has 0 saturated carbocycles. The number of amides is 1. The summed E-state index contributed by atoms with van der Waals surface area (Å²) in [7, 11) is 0. The van der Waals surface area contributed by atoms with E-state index in [1.165, 1.54) is 31.2 Å². The minimum Gasteiger partial charge on any atom is -0.481 e. The smallest absolute Gasteiger partial charge is 0.481 e. The first-order valence-electron chi connectivity index (χ1n) is 12.1. The molecule has 1 fully saturated rings. The monoisotopic (exact) mass is 528 g/mol. The zero-order valence-electron chi connectivity index (χ0n) is 21.6. The van der Waals surface area contributed by atoms with Gasteiger partial charge in [-0.3, -0.25) is 10.9 Å². The summed E-state index contributed by atoms with van der Waals surface area (Å²) in [6, 6.07) is 20.7. The minimum absolute atomic E-state index is 0. The Morgan fingerprint density at radius 3 is 2.51 bits per heavy atom. The van der Waals surface area contributed by atoms with Crippen LogP contribution in [0, 0.1) is 24.5 Å². The van der Waals surface area contributed by atoms with E-state index in [0.717, 1.165) is 0 Å². The zero-order chi connectivity index (χ0) is 27.1. The van der Waals surface area contributed by atoms with Gasteiger partial charge in [0.2, 0.25) is 0 Å². The Hall–Kier alpha value is -3.41. The van der Waals surface area contributed by atoms with Crippen molar-refractivity contribution in [3.05, 3.63) is 90.9 Å². The van der Waals surface area contributed by atoms with Crippen molar-refractivity contribution >= 4 is 28.7 Å². The molecule has 39 heavy (non-hydrogen) atoms. The first-order chi connectivity index (χ1) is 18.4. The van der Waals surface area contributed by atoms with Crippen molar-refractivity contribution in [3.8, 4) is 11.3 Å². The summed E-state index contributed by atoms with van der Waals surface area (Å²) in [5, 5.41) is 4.45. The van der Waals surface area contributed by atoms with Gasteiger partial charge in [-0.1, -0.05) is 18.1 Å². The molecular weight excluding hydrogens is 503 g/mol. The molecule has 0 atom stereocenters. The Kier molecular flexibility index (Phi) is 10.9.